The molecule has 0 saturated carbocycles. The molecule has 0 atom stereocenters. The minimum atomic E-state index is -0.318. The predicted octanol–water partition coefficient (Wildman–Crippen LogP) is 2.01. The molecule has 0 aliphatic carbocycles. The molecule has 0 aromatic heterocycles. The van der Waals surface area contributed by atoms with E-state index in [0.29, 0.717) is 0 Å². The average molecular weight is 156 g/mol. The normalized spacial score (nSPS) is 20.0. The highest BCUT2D eigenvalue weighted by Gasteiger charge is 2.22. The van der Waals surface area contributed by atoms with E-state index in [1.54, 1.807) is 0 Å². The minimum Gasteiger partial charge on any atom is -0.302 e. The van der Waals surface area contributed by atoms with E-state index < -0.39 is 0 Å². The van der Waals surface area contributed by atoms with Crippen LogP contribution < -0.4 is 0 Å². The first-order valence-corrected chi connectivity index (χ1v) is 4.74. The van der Waals surface area contributed by atoms with E-state index in [9.17, 15) is 4.79 Å². The van der Waals surface area contributed by atoms with Crippen molar-refractivity contribution in [2.45, 2.75) is 18.6 Å². The van der Waals surface area contributed by atoms with Gasteiger partial charge in [-0.3, -0.25) is 0 Å². The van der Waals surface area contributed by atoms with Gasteiger partial charge in [0.1, 0.15) is 6.29 Å². The summed E-state index contributed by atoms with van der Waals surface area (Å²) in [5.74, 6) is 0. The number of allylic oxidation sites excluding steroid dienone is 2. The molecule has 0 unspecified atom stereocenters. The van der Waals surface area contributed by atoms with Crippen LogP contribution in [0.5, 0.6) is 0 Å². The van der Waals surface area contributed by atoms with E-state index in [-0.39, 0.29) is 15.6 Å². The van der Waals surface area contributed by atoms with Crippen LogP contribution in [0.15, 0.2) is 23.0 Å². The SMILES string of the molecule is CC(C)(C=O)[SH]1C=CC=C1. The van der Waals surface area contributed by atoms with Crippen molar-refractivity contribution in [3.8, 4) is 0 Å². The number of hydrogen-bond donors (Lipinski definition) is 1. The molecule has 0 bridgehead atoms. The van der Waals surface area contributed by atoms with Crippen LogP contribution in [0.1, 0.15) is 13.8 Å². The third-order valence-corrected chi connectivity index (χ3v) is 3.98. The minimum absolute atomic E-state index is 0.168. The molecule has 1 nitrogen and oxygen atoms in total. The van der Waals surface area contributed by atoms with E-state index in [0.717, 1.165) is 6.29 Å². The molecular weight excluding hydrogens is 144 g/mol. The van der Waals surface area contributed by atoms with E-state index >= 15 is 0 Å². The standard InChI is InChI=1S/C8H12OS/c1-8(2,7-9)10-5-3-4-6-10/h3-7,10H,1-2H3. The summed E-state index contributed by atoms with van der Waals surface area (Å²) in [7, 11) is -0.318. The second kappa shape index (κ2) is 2.62. The smallest absolute Gasteiger partial charge is 0.134 e. The van der Waals surface area contributed by atoms with E-state index in [1.807, 2.05) is 26.0 Å². The molecule has 1 heterocycles. The molecule has 0 fully saturated rings. The third-order valence-electron chi connectivity index (χ3n) is 1.56. The Morgan fingerprint density at radius 1 is 1.30 bits per heavy atom. The van der Waals surface area contributed by atoms with Crippen LogP contribution >= 0.6 is 10.9 Å². The first-order chi connectivity index (χ1) is 4.67. The Hall–Kier alpha value is -0.500. The molecule has 1 aliphatic rings. The summed E-state index contributed by atoms with van der Waals surface area (Å²) in [6, 6.07) is 0. The van der Waals surface area contributed by atoms with Crippen LogP contribution in [-0.2, 0) is 4.79 Å². The Bertz CT molecular complexity index is 179. The summed E-state index contributed by atoms with van der Waals surface area (Å²) in [5.41, 5.74) is 0. The average Bonchev–Trinajstić information content (AvgIpc) is 2.38. The maximum Gasteiger partial charge on any atom is 0.134 e. The zero-order valence-corrected chi connectivity index (χ0v) is 7.14. The summed E-state index contributed by atoms with van der Waals surface area (Å²) in [4.78, 5) is 10.6. The van der Waals surface area contributed by atoms with Crippen LogP contribution in [-0.4, -0.2) is 11.0 Å². The van der Waals surface area contributed by atoms with E-state index in [2.05, 4.69) is 10.8 Å². The molecule has 56 valence electrons. The fraction of sp³-hybridized carbons (Fsp3) is 0.375. The maximum atomic E-state index is 10.6. The van der Waals surface area contributed by atoms with Gasteiger partial charge in [0.25, 0.3) is 0 Å². The molecule has 0 saturated heterocycles. The highest BCUT2D eigenvalue weighted by Crippen LogP contribution is 2.44. The highest BCUT2D eigenvalue weighted by atomic mass is 32.2. The van der Waals surface area contributed by atoms with Crippen LogP contribution in [0.2, 0.25) is 0 Å². The second-order valence-corrected chi connectivity index (χ2v) is 5.43. The van der Waals surface area contributed by atoms with Crippen molar-refractivity contribution in [3.63, 3.8) is 0 Å². The van der Waals surface area contributed by atoms with Crippen LogP contribution in [0.4, 0.5) is 0 Å². The number of carbonyl (C=O) groups is 1. The van der Waals surface area contributed by atoms with Crippen molar-refractivity contribution in [2.75, 3.05) is 0 Å². The molecule has 10 heavy (non-hydrogen) atoms. The Morgan fingerprint density at radius 3 is 2.20 bits per heavy atom. The van der Waals surface area contributed by atoms with Crippen LogP contribution in [0.25, 0.3) is 0 Å². The highest BCUT2D eigenvalue weighted by molar-refractivity contribution is 8.23. The van der Waals surface area contributed by atoms with Gasteiger partial charge in [-0.15, -0.1) is 0 Å². The Balaban J connectivity index is 2.73. The van der Waals surface area contributed by atoms with Crippen molar-refractivity contribution < 1.29 is 4.79 Å². The van der Waals surface area contributed by atoms with Crippen molar-refractivity contribution in [1.82, 2.24) is 0 Å². The Morgan fingerprint density at radius 2 is 1.80 bits per heavy atom. The zero-order valence-electron chi connectivity index (χ0n) is 6.24. The van der Waals surface area contributed by atoms with Gasteiger partial charge in [-0.05, 0) is 24.7 Å². The molecule has 2 heteroatoms. The molecule has 1 rings (SSSR count). The van der Waals surface area contributed by atoms with Gasteiger partial charge in [0.15, 0.2) is 0 Å². The Labute approximate surface area is 64.2 Å². The van der Waals surface area contributed by atoms with Crippen LogP contribution in [0, 0.1) is 0 Å². The third kappa shape index (κ3) is 1.32. The molecule has 0 amide bonds. The number of hydrogen-bond acceptors (Lipinski definition) is 1. The van der Waals surface area contributed by atoms with Gasteiger partial charge in [-0.2, -0.15) is 0 Å². The van der Waals surface area contributed by atoms with Gasteiger partial charge < -0.3 is 4.79 Å². The lowest BCUT2D eigenvalue weighted by molar-refractivity contribution is -0.109. The molecule has 0 aromatic rings. The predicted molar refractivity (Wildman–Crippen MR) is 47.4 cm³/mol. The molecule has 1 aliphatic heterocycles. The summed E-state index contributed by atoms with van der Waals surface area (Å²) in [5, 5.41) is 4.23. The van der Waals surface area contributed by atoms with Gasteiger partial charge in [-0.1, -0.05) is 12.2 Å². The monoisotopic (exact) mass is 156 g/mol. The summed E-state index contributed by atoms with van der Waals surface area (Å²) in [6.45, 7) is 3.96. The lowest BCUT2D eigenvalue weighted by Gasteiger charge is -2.25. The second-order valence-electron chi connectivity index (χ2n) is 2.86. The summed E-state index contributed by atoms with van der Waals surface area (Å²) < 4.78 is -0.168. The molecule has 0 spiro atoms. The number of aldehydes is 1. The van der Waals surface area contributed by atoms with Gasteiger partial charge in [0.2, 0.25) is 0 Å². The molecule has 0 radical (unpaired) electrons. The quantitative estimate of drug-likeness (QED) is 0.478. The molecular formula is C8H12OS. The van der Waals surface area contributed by atoms with E-state index in [4.69, 9.17) is 0 Å². The fourth-order valence-corrected chi connectivity index (χ4v) is 2.34. The first kappa shape index (κ1) is 7.61. The summed E-state index contributed by atoms with van der Waals surface area (Å²) >= 11 is 0. The largest absolute Gasteiger partial charge is 0.302 e. The number of carbonyl (C=O) groups excluding carboxylic acids is 1. The topological polar surface area (TPSA) is 17.1 Å². The van der Waals surface area contributed by atoms with Crippen LogP contribution in [0.3, 0.4) is 0 Å². The van der Waals surface area contributed by atoms with Crippen molar-refractivity contribution in [1.29, 1.82) is 0 Å². The van der Waals surface area contributed by atoms with Crippen molar-refractivity contribution >= 4 is 17.2 Å². The lowest BCUT2D eigenvalue weighted by atomic mass is 10.2. The number of rotatable bonds is 2. The fourth-order valence-electron chi connectivity index (χ4n) is 0.780. The summed E-state index contributed by atoms with van der Waals surface area (Å²) in [6.07, 6.45) is 5.06. The zero-order chi connectivity index (χ0) is 7.61. The molecule has 0 aromatic carbocycles. The Kier molecular flexibility index (Phi) is 2.00. The van der Waals surface area contributed by atoms with Gasteiger partial charge in [-0.25, -0.2) is 10.9 Å². The lowest BCUT2D eigenvalue weighted by Crippen LogP contribution is -2.18. The van der Waals surface area contributed by atoms with Gasteiger partial charge in [0.05, 0.1) is 4.75 Å². The van der Waals surface area contributed by atoms with Gasteiger partial charge in [0, 0.05) is 0 Å². The van der Waals surface area contributed by atoms with Gasteiger partial charge >= 0.3 is 0 Å². The maximum absolute atomic E-state index is 10.6. The van der Waals surface area contributed by atoms with E-state index in [1.165, 1.54) is 0 Å². The number of thiol groups is 1. The molecule has 0 N–H and O–H groups in total. The van der Waals surface area contributed by atoms with Crippen molar-refractivity contribution in [2.24, 2.45) is 0 Å². The first-order valence-electron chi connectivity index (χ1n) is 3.26. The van der Waals surface area contributed by atoms with Crippen molar-refractivity contribution in [3.05, 3.63) is 23.0 Å².